The van der Waals surface area contributed by atoms with Gasteiger partial charge in [-0.25, -0.2) is 4.79 Å². The van der Waals surface area contributed by atoms with E-state index in [0.717, 1.165) is 33.8 Å². The molecule has 0 radical (unpaired) electrons. The number of Topliss-reactive ketones (excluding diaryl/α,β-unsaturated/α-hetero) is 1. The van der Waals surface area contributed by atoms with Crippen molar-refractivity contribution in [3.05, 3.63) is 12.2 Å². The predicted octanol–water partition coefficient (Wildman–Crippen LogP) is -0.580. The van der Waals surface area contributed by atoms with E-state index in [-0.39, 0.29) is 6.29 Å². The van der Waals surface area contributed by atoms with Crippen LogP contribution < -0.4 is 0 Å². The minimum Gasteiger partial charge on any atom is -0.463 e. The SMILES string of the molecule is C/C=C/C(=O)O[C@](C=O)(C(C)=O)[C@@H](OC(C)=O)[C@H](OC(C)=O)[C@H](O)COC(C)=O. The van der Waals surface area contributed by atoms with Crippen molar-refractivity contribution in [1.82, 2.24) is 0 Å². The van der Waals surface area contributed by atoms with Gasteiger partial charge in [0.1, 0.15) is 12.7 Å². The van der Waals surface area contributed by atoms with E-state index >= 15 is 0 Å². The Bertz CT molecular complexity index is 681. The summed E-state index contributed by atoms with van der Waals surface area (Å²) in [6, 6.07) is 0. The summed E-state index contributed by atoms with van der Waals surface area (Å²) in [6.45, 7) is 4.50. The van der Waals surface area contributed by atoms with Gasteiger partial charge in [-0.1, -0.05) is 6.08 Å². The molecule has 0 fully saturated rings. The van der Waals surface area contributed by atoms with Gasteiger partial charge in [0.25, 0.3) is 5.60 Å². The van der Waals surface area contributed by atoms with Crippen LogP contribution in [0.15, 0.2) is 12.2 Å². The normalized spacial score (nSPS) is 15.9. The van der Waals surface area contributed by atoms with Crippen molar-refractivity contribution in [2.45, 2.75) is 58.5 Å². The highest BCUT2D eigenvalue weighted by atomic mass is 16.6. The number of carbonyl (C=O) groups is 6. The second-order valence-electron chi connectivity index (χ2n) is 5.86. The molecule has 0 rings (SSSR count). The second-order valence-corrected chi connectivity index (χ2v) is 5.86. The monoisotopic (exact) mass is 416 g/mol. The van der Waals surface area contributed by atoms with Crippen LogP contribution in [0.2, 0.25) is 0 Å². The van der Waals surface area contributed by atoms with Crippen molar-refractivity contribution in [1.29, 1.82) is 0 Å². The lowest BCUT2D eigenvalue weighted by Crippen LogP contribution is -2.63. The number of allylic oxidation sites excluding steroid dienone is 1. The van der Waals surface area contributed by atoms with Crippen LogP contribution in [-0.2, 0) is 47.7 Å². The summed E-state index contributed by atoms with van der Waals surface area (Å²) in [4.78, 5) is 70.3. The molecule has 0 spiro atoms. The van der Waals surface area contributed by atoms with Crippen LogP contribution in [0.25, 0.3) is 0 Å². The smallest absolute Gasteiger partial charge is 0.331 e. The molecule has 11 heteroatoms. The highest BCUT2D eigenvalue weighted by Gasteiger charge is 2.56. The van der Waals surface area contributed by atoms with Crippen LogP contribution in [0.1, 0.15) is 34.6 Å². The van der Waals surface area contributed by atoms with E-state index in [2.05, 4.69) is 4.74 Å². The molecule has 0 amide bonds. The van der Waals surface area contributed by atoms with Gasteiger partial charge < -0.3 is 24.1 Å². The standard InChI is InChI=1S/C18H24O11/c1-6-7-15(25)29-18(9-19,10(2)20)17(28-13(5)23)16(27-12(4)22)14(24)8-26-11(3)21/h6-7,9,14,16-17,24H,8H2,1-5H3/b7-6+/t14-,16-,17+,18-/m1/s1. The molecule has 0 heterocycles. The predicted molar refractivity (Wildman–Crippen MR) is 94.1 cm³/mol. The maximum absolute atomic E-state index is 12.3. The molecule has 0 bridgehead atoms. The molecule has 0 aliphatic rings. The largest absolute Gasteiger partial charge is 0.463 e. The summed E-state index contributed by atoms with van der Waals surface area (Å²) in [7, 11) is 0. The van der Waals surface area contributed by atoms with E-state index in [4.69, 9.17) is 14.2 Å². The molecule has 0 aliphatic carbocycles. The van der Waals surface area contributed by atoms with E-state index in [1.54, 1.807) is 0 Å². The molecule has 29 heavy (non-hydrogen) atoms. The van der Waals surface area contributed by atoms with E-state index in [1.807, 2.05) is 0 Å². The Hall–Kier alpha value is -3.08. The maximum Gasteiger partial charge on any atom is 0.331 e. The molecule has 0 aromatic rings. The van der Waals surface area contributed by atoms with Crippen LogP contribution in [0, 0.1) is 0 Å². The molecule has 11 nitrogen and oxygen atoms in total. The zero-order valence-corrected chi connectivity index (χ0v) is 16.7. The molecule has 0 aromatic heterocycles. The van der Waals surface area contributed by atoms with Gasteiger partial charge in [0.15, 0.2) is 24.3 Å². The van der Waals surface area contributed by atoms with Gasteiger partial charge in [-0.3, -0.25) is 24.0 Å². The van der Waals surface area contributed by atoms with Crippen molar-refractivity contribution < 1.29 is 52.8 Å². The lowest BCUT2D eigenvalue weighted by atomic mass is 9.87. The number of carbonyl (C=O) groups excluding carboxylic acids is 6. The Morgan fingerprint density at radius 2 is 1.52 bits per heavy atom. The van der Waals surface area contributed by atoms with Gasteiger partial charge >= 0.3 is 23.9 Å². The van der Waals surface area contributed by atoms with E-state index < -0.39 is 60.2 Å². The molecule has 0 aliphatic heterocycles. The number of ketones is 1. The van der Waals surface area contributed by atoms with Gasteiger partial charge in [-0.2, -0.15) is 0 Å². The molecule has 0 saturated carbocycles. The van der Waals surface area contributed by atoms with Gasteiger partial charge in [0, 0.05) is 26.8 Å². The molecule has 1 N–H and O–H groups in total. The fraction of sp³-hybridized carbons (Fsp3) is 0.556. The van der Waals surface area contributed by atoms with Crippen molar-refractivity contribution >= 4 is 35.9 Å². The maximum atomic E-state index is 12.3. The zero-order chi connectivity index (χ0) is 22.8. The molecular weight excluding hydrogens is 392 g/mol. The Balaban J connectivity index is 6.42. The topological polar surface area (TPSA) is 160 Å². The van der Waals surface area contributed by atoms with Crippen molar-refractivity contribution in [2.75, 3.05) is 6.61 Å². The Morgan fingerprint density at radius 3 is 1.90 bits per heavy atom. The first kappa shape index (κ1) is 25.9. The molecule has 162 valence electrons. The quantitative estimate of drug-likeness (QED) is 0.151. The third kappa shape index (κ3) is 7.82. The molecule has 4 atom stereocenters. The van der Waals surface area contributed by atoms with E-state index in [1.165, 1.54) is 13.0 Å². The lowest BCUT2D eigenvalue weighted by molar-refractivity contribution is -0.210. The van der Waals surface area contributed by atoms with Crippen LogP contribution in [0.5, 0.6) is 0 Å². The summed E-state index contributed by atoms with van der Waals surface area (Å²) in [6.07, 6.45) is -3.76. The Labute approximate surface area is 166 Å². The Kier molecular flexibility index (Phi) is 10.5. The average Bonchev–Trinajstić information content (AvgIpc) is 2.60. The summed E-state index contributed by atoms with van der Waals surface area (Å²) >= 11 is 0. The van der Waals surface area contributed by atoms with Crippen molar-refractivity contribution in [3.63, 3.8) is 0 Å². The van der Waals surface area contributed by atoms with Gasteiger partial charge in [0.05, 0.1) is 0 Å². The molecule has 0 aromatic carbocycles. The van der Waals surface area contributed by atoms with Gasteiger partial charge in [-0.15, -0.1) is 0 Å². The second kappa shape index (κ2) is 11.7. The highest BCUT2D eigenvalue weighted by Crippen LogP contribution is 2.27. The summed E-state index contributed by atoms with van der Waals surface area (Å²) in [5, 5.41) is 10.3. The van der Waals surface area contributed by atoms with Crippen LogP contribution in [0.3, 0.4) is 0 Å². The number of hydrogen-bond donors (Lipinski definition) is 1. The summed E-state index contributed by atoms with van der Waals surface area (Å²) < 4.78 is 19.5. The highest BCUT2D eigenvalue weighted by molar-refractivity contribution is 6.04. The van der Waals surface area contributed by atoms with Gasteiger partial charge in [-0.05, 0) is 13.8 Å². The number of aldehydes is 1. The fourth-order valence-corrected chi connectivity index (χ4v) is 2.25. The van der Waals surface area contributed by atoms with E-state index in [0.29, 0.717) is 0 Å². The number of ether oxygens (including phenoxy) is 4. The minimum atomic E-state index is -2.75. The average molecular weight is 416 g/mol. The van der Waals surface area contributed by atoms with Crippen LogP contribution in [-0.4, -0.2) is 71.6 Å². The van der Waals surface area contributed by atoms with Gasteiger partial charge in [0.2, 0.25) is 0 Å². The fourth-order valence-electron chi connectivity index (χ4n) is 2.25. The lowest BCUT2D eigenvalue weighted by Gasteiger charge is -2.38. The molecular formula is C18H24O11. The third-order valence-corrected chi connectivity index (χ3v) is 3.45. The molecule has 0 unspecified atom stereocenters. The number of aliphatic hydroxyl groups is 1. The third-order valence-electron chi connectivity index (χ3n) is 3.45. The first-order valence-corrected chi connectivity index (χ1v) is 8.40. The van der Waals surface area contributed by atoms with Crippen LogP contribution >= 0.6 is 0 Å². The van der Waals surface area contributed by atoms with Crippen LogP contribution in [0.4, 0.5) is 0 Å². The van der Waals surface area contributed by atoms with Crippen molar-refractivity contribution in [2.24, 2.45) is 0 Å². The molecule has 0 saturated heterocycles. The summed E-state index contributed by atoms with van der Waals surface area (Å²) in [5.74, 6) is -5.03. The number of aliphatic hydroxyl groups excluding tert-OH is 1. The van der Waals surface area contributed by atoms with Crippen molar-refractivity contribution in [3.8, 4) is 0 Å². The first-order valence-electron chi connectivity index (χ1n) is 8.40. The first-order chi connectivity index (χ1) is 13.4. The summed E-state index contributed by atoms with van der Waals surface area (Å²) in [5.41, 5.74) is -2.75. The number of rotatable bonds is 11. The minimum absolute atomic E-state index is 0.0978. The van der Waals surface area contributed by atoms with E-state index in [9.17, 15) is 33.9 Å². The Morgan fingerprint density at radius 1 is 0.966 bits per heavy atom. The zero-order valence-electron chi connectivity index (χ0n) is 16.7. The number of hydrogen-bond acceptors (Lipinski definition) is 11. The number of esters is 4.